The van der Waals surface area contributed by atoms with Crippen LogP contribution in [0.15, 0.2) is 48.5 Å². The molecule has 0 aliphatic carbocycles. The molecule has 0 aliphatic rings. The molecule has 0 saturated carbocycles. The Morgan fingerprint density at radius 3 is 2.35 bits per heavy atom. The van der Waals surface area contributed by atoms with E-state index in [0.717, 1.165) is 5.56 Å². The fourth-order valence-electron chi connectivity index (χ4n) is 2.15. The Kier molecular flexibility index (Phi) is 6.22. The van der Waals surface area contributed by atoms with E-state index in [-0.39, 0.29) is 6.61 Å². The highest BCUT2D eigenvalue weighted by atomic mass is 16.6. The molecule has 2 aromatic rings. The first kappa shape index (κ1) is 19.3. The van der Waals surface area contributed by atoms with Crippen LogP contribution < -0.4 is 10.1 Å². The van der Waals surface area contributed by atoms with Crippen LogP contribution in [-0.2, 0) is 16.1 Å². The third-order valence-electron chi connectivity index (χ3n) is 3.28. The molecular formula is C20H23NO5. The average molecular weight is 357 g/mol. The number of anilines is 1. The van der Waals surface area contributed by atoms with Gasteiger partial charge in [0.05, 0.1) is 18.4 Å². The number of hydrogen-bond donors (Lipinski definition) is 1. The highest BCUT2D eigenvalue weighted by molar-refractivity contribution is 5.94. The number of carbonyl (C=O) groups excluding carboxylic acids is 2. The third-order valence-corrected chi connectivity index (χ3v) is 3.28. The van der Waals surface area contributed by atoms with Gasteiger partial charge in [-0.15, -0.1) is 0 Å². The molecule has 0 saturated heterocycles. The van der Waals surface area contributed by atoms with Crippen LogP contribution in [-0.4, -0.2) is 24.8 Å². The van der Waals surface area contributed by atoms with Crippen molar-refractivity contribution < 1.29 is 23.8 Å². The summed E-state index contributed by atoms with van der Waals surface area (Å²) in [5.41, 5.74) is 0.883. The van der Waals surface area contributed by atoms with Crippen LogP contribution >= 0.6 is 0 Å². The fourth-order valence-corrected chi connectivity index (χ4v) is 2.15. The van der Waals surface area contributed by atoms with Gasteiger partial charge in [0.15, 0.2) is 0 Å². The van der Waals surface area contributed by atoms with Gasteiger partial charge in [0.1, 0.15) is 18.0 Å². The molecule has 0 atom stereocenters. The molecule has 0 unspecified atom stereocenters. The summed E-state index contributed by atoms with van der Waals surface area (Å²) >= 11 is 0. The lowest BCUT2D eigenvalue weighted by Crippen LogP contribution is -2.27. The van der Waals surface area contributed by atoms with Gasteiger partial charge < -0.3 is 14.2 Å². The van der Waals surface area contributed by atoms with Crippen molar-refractivity contribution in [2.75, 3.05) is 12.4 Å². The normalized spacial score (nSPS) is 10.8. The second-order valence-corrected chi connectivity index (χ2v) is 6.60. The maximum absolute atomic E-state index is 12.3. The minimum Gasteiger partial charge on any atom is -0.495 e. The molecule has 6 nitrogen and oxygen atoms in total. The van der Waals surface area contributed by atoms with Gasteiger partial charge in [0, 0.05) is 0 Å². The molecule has 26 heavy (non-hydrogen) atoms. The first-order valence-corrected chi connectivity index (χ1v) is 8.17. The van der Waals surface area contributed by atoms with Gasteiger partial charge in [-0.25, -0.2) is 9.59 Å². The summed E-state index contributed by atoms with van der Waals surface area (Å²) < 4.78 is 15.7. The quantitative estimate of drug-likeness (QED) is 0.803. The molecule has 0 aliphatic heterocycles. The van der Waals surface area contributed by atoms with E-state index in [1.165, 1.54) is 13.2 Å². The zero-order valence-electron chi connectivity index (χ0n) is 15.4. The number of amides is 1. The molecule has 0 radical (unpaired) electrons. The van der Waals surface area contributed by atoms with E-state index < -0.39 is 17.7 Å². The molecule has 2 aromatic carbocycles. The predicted octanol–water partition coefficient (Wildman–Crippen LogP) is 4.40. The van der Waals surface area contributed by atoms with Crippen molar-refractivity contribution in [3.05, 3.63) is 59.7 Å². The van der Waals surface area contributed by atoms with Crippen LogP contribution in [0.1, 0.15) is 36.7 Å². The Morgan fingerprint density at radius 1 is 1.04 bits per heavy atom. The van der Waals surface area contributed by atoms with Gasteiger partial charge in [-0.3, -0.25) is 5.32 Å². The van der Waals surface area contributed by atoms with Crippen LogP contribution in [0.2, 0.25) is 0 Å². The summed E-state index contributed by atoms with van der Waals surface area (Å²) in [6, 6.07) is 14.0. The number of hydrogen-bond acceptors (Lipinski definition) is 5. The highest BCUT2D eigenvalue weighted by Gasteiger charge is 2.19. The van der Waals surface area contributed by atoms with E-state index in [2.05, 4.69) is 5.32 Å². The maximum atomic E-state index is 12.3. The number of rotatable bonds is 5. The number of benzene rings is 2. The van der Waals surface area contributed by atoms with Crippen molar-refractivity contribution in [2.45, 2.75) is 33.0 Å². The Balaban J connectivity index is 2.09. The molecule has 6 heteroatoms. The lowest BCUT2D eigenvalue weighted by molar-refractivity contribution is 0.0471. The number of carbonyl (C=O) groups is 2. The topological polar surface area (TPSA) is 73.9 Å². The van der Waals surface area contributed by atoms with E-state index in [9.17, 15) is 9.59 Å². The molecule has 0 bridgehead atoms. The Labute approximate surface area is 153 Å². The van der Waals surface area contributed by atoms with Crippen molar-refractivity contribution in [1.82, 2.24) is 0 Å². The number of methoxy groups -OCH3 is 1. The third kappa shape index (κ3) is 5.81. The molecule has 0 heterocycles. The monoisotopic (exact) mass is 357 g/mol. The second-order valence-electron chi connectivity index (χ2n) is 6.60. The van der Waals surface area contributed by atoms with Crippen LogP contribution in [0.4, 0.5) is 10.5 Å². The van der Waals surface area contributed by atoms with Crippen LogP contribution in [0.3, 0.4) is 0 Å². The zero-order valence-corrected chi connectivity index (χ0v) is 15.4. The first-order valence-electron chi connectivity index (χ1n) is 8.17. The predicted molar refractivity (Wildman–Crippen MR) is 98.4 cm³/mol. The molecule has 0 fully saturated rings. The van der Waals surface area contributed by atoms with Crippen molar-refractivity contribution >= 4 is 17.7 Å². The summed E-state index contributed by atoms with van der Waals surface area (Å²) in [4.78, 5) is 24.3. The molecule has 138 valence electrons. The number of esters is 1. The van der Waals surface area contributed by atoms with Gasteiger partial charge in [0.2, 0.25) is 0 Å². The van der Waals surface area contributed by atoms with Gasteiger partial charge in [0.25, 0.3) is 0 Å². The minimum absolute atomic E-state index is 0.167. The Hall–Kier alpha value is -3.02. The summed E-state index contributed by atoms with van der Waals surface area (Å²) in [5, 5.41) is 2.59. The van der Waals surface area contributed by atoms with Gasteiger partial charge in [-0.2, -0.15) is 0 Å². The van der Waals surface area contributed by atoms with Gasteiger partial charge in [-0.05, 0) is 44.5 Å². The summed E-state index contributed by atoms with van der Waals surface area (Å²) in [6.45, 7) is 5.46. The van der Waals surface area contributed by atoms with Gasteiger partial charge >= 0.3 is 12.1 Å². The van der Waals surface area contributed by atoms with Gasteiger partial charge in [-0.1, -0.05) is 30.3 Å². The van der Waals surface area contributed by atoms with Crippen LogP contribution in [0, 0.1) is 0 Å². The van der Waals surface area contributed by atoms with E-state index in [0.29, 0.717) is 17.0 Å². The summed E-state index contributed by atoms with van der Waals surface area (Å²) in [6.07, 6.45) is -0.634. The Morgan fingerprint density at radius 2 is 1.73 bits per heavy atom. The summed E-state index contributed by atoms with van der Waals surface area (Å²) in [7, 11) is 1.48. The molecule has 0 aromatic heterocycles. The average Bonchev–Trinajstić information content (AvgIpc) is 2.58. The van der Waals surface area contributed by atoms with Crippen molar-refractivity contribution in [3.63, 3.8) is 0 Å². The molecule has 1 amide bonds. The second kappa shape index (κ2) is 8.38. The largest absolute Gasteiger partial charge is 0.495 e. The minimum atomic E-state index is -0.635. The maximum Gasteiger partial charge on any atom is 0.412 e. The standard InChI is InChI=1S/C20H23NO5/c1-20(2,3)26-19(23)21-16-12-15(10-11-17(16)24-4)18(22)25-13-14-8-6-5-7-9-14/h5-12H,13H2,1-4H3,(H,21,23). The van der Waals surface area contributed by atoms with Crippen LogP contribution in [0.5, 0.6) is 5.75 Å². The number of ether oxygens (including phenoxy) is 3. The van der Waals surface area contributed by atoms with Crippen molar-refractivity contribution in [3.8, 4) is 5.75 Å². The van der Waals surface area contributed by atoms with E-state index in [1.54, 1.807) is 32.9 Å². The van der Waals surface area contributed by atoms with E-state index in [1.807, 2.05) is 30.3 Å². The van der Waals surface area contributed by atoms with Crippen LogP contribution in [0.25, 0.3) is 0 Å². The zero-order chi connectivity index (χ0) is 19.2. The van der Waals surface area contributed by atoms with Crippen molar-refractivity contribution in [1.29, 1.82) is 0 Å². The lowest BCUT2D eigenvalue weighted by Gasteiger charge is -2.20. The molecular weight excluding hydrogens is 334 g/mol. The summed E-state index contributed by atoms with van der Waals surface area (Å²) in [5.74, 6) is -0.0841. The fraction of sp³-hybridized carbons (Fsp3) is 0.300. The SMILES string of the molecule is COc1ccc(C(=O)OCc2ccccc2)cc1NC(=O)OC(C)(C)C. The Bertz CT molecular complexity index is 766. The molecule has 0 spiro atoms. The molecule has 1 N–H and O–H groups in total. The van der Waals surface area contributed by atoms with Crippen molar-refractivity contribution in [2.24, 2.45) is 0 Å². The first-order chi connectivity index (χ1) is 12.3. The number of nitrogens with one attached hydrogen (secondary N) is 1. The van der Waals surface area contributed by atoms with E-state index >= 15 is 0 Å². The smallest absolute Gasteiger partial charge is 0.412 e. The van der Waals surface area contributed by atoms with E-state index in [4.69, 9.17) is 14.2 Å². The highest BCUT2D eigenvalue weighted by Crippen LogP contribution is 2.26. The molecule has 2 rings (SSSR count). The lowest BCUT2D eigenvalue weighted by atomic mass is 10.2.